The van der Waals surface area contributed by atoms with E-state index in [1.54, 1.807) is 0 Å². The zero-order chi connectivity index (χ0) is 13.3. The number of carbonyl (C=O) groups is 1. The van der Waals surface area contributed by atoms with Crippen molar-refractivity contribution in [2.45, 2.75) is 20.8 Å². The van der Waals surface area contributed by atoms with Gasteiger partial charge in [-0.25, -0.2) is 0 Å². The summed E-state index contributed by atoms with van der Waals surface area (Å²) in [6.07, 6.45) is 0. The monoisotopic (exact) mass is 306 g/mol. The van der Waals surface area contributed by atoms with Crippen LogP contribution in [0.5, 0.6) is 0 Å². The van der Waals surface area contributed by atoms with E-state index in [0.717, 1.165) is 26.8 Å². The molecule has 0 unspecified atom stereocenters. The lowest BCUT2D eigenvalue weighted by Crippen LogP contribution is -2.18. The molecule has 1 heterocycles. The van der Waals surface area contributed by atoms with Gasteiger partial charge in [0.1, 0.15) is 0 Å². The van der Waals surface area contributed by atoms with Gasteiger partial charge in [-0.3, -0.25) is 9.78 Å². The van der Waals surface area contributed by atoms with Gasteiger partial charge in [0.25, 0.3) is 0 Å². The largest absolute Gasteiger partial charge is 0.325 e. The summed E-state index contributed by atoms with van der Waals surface area (Å²) in [5.74, 6) is -0.0254. The molecule has 0 saturated carbocycles. The molecule has 3 nitrogen and oxygen atoms in total. The number of hydrogen-bond acceptors (Lipinski definition) is 2. The predicted octanol–water partition coefficient (Wildman–Crippen LogP) is 3.90. The highest BCUT2D eigenvalue weighted by atomic mass is 79.9. The molecule has 1 amide bonds. The summed E-state index contributed by atoms with van der Waals surface area (Å²) < 4.78 is 0.973. The van der Waals surface area contributed by atoms with Gasteiger partial charge in [-0.15, -0.1) is 0 Å². The third kappa shape index (κ3) is 2.70. The van der Waals surface area contributed by atoms with Gasteiger partial charge in [0, 0.05) is 21.5 Å². The Morgan fingerprint density at radius 3 is 2.72 bits per heavy atom. The van der Waals surface area contributed by atoms with Crippen molar-refractivity contribution in [3.05, 3.63) is 34.4 Å². The van der Waals surface area contributed by atoms with E-state index in [-0.39, 0.29) is 11.8 Å². The van der Waals surface area contributed by atoms with Gasteiger partial charge in [0.2, 0.25) is 5.91 Å². The summed E-state index contributed by atoms with van der Waals surface area (Å²) in [6.45, 7) is 5.68. The number of fused-ring (bicyclic) bond motifs is 1. The predicted molar refractivity (Wildman–Crippen MR) is 77.6 cm³/mol. The van der Waals surface area contributed by atoms with E-state index in [4.69, 9.17) is 0 Å². The van der Waals surface area contributed by atoms with E-state index in [1.165, 1.54) is 0 Å². The Balaban J connectivity index is 2.54. The van der Waals surface area contributed by atoms with Crippen LogP contribution in [0.3, 0.4) is 0 Å². The van der Waals surface area contributed by atoms with E-state index in [2.05, 4.69) is 26.2 Å². The second-order valence-corrected chi connectivity index (χ2v) is 5.53. The average molecular weight is 307 g/mol. The number of halogens is 1. The minimum Gasteiger partial charge on any atom is -0.325 e. The number of aryl methyl sites for hydroxylation is 1. The topological polar surface area (TPSA) is 42.0 Å². The number of anilines is 1. The SMILES string of the molecule is Cc1cc(NC(=O)C(C)C)c2cc(Br)ccc2n1. The molecule has 1 aromatic heterocycles. The van der Waals surface area contributed by atoms with Crippen LogP contribution in [0, 0.1) is 12.8 Å². The maximum atomic E-state index is 11.8. The Kier molecular flexibility index (Phi) is 3.66. The number of rotatable bonds is 2. The minimum atomic E-state index is -0.0410. The van der Waals surface area contributed by atoms with Crippen molar-refractivity contribution in [1.29, 1.82) is 0 Å². The summed E-state index contributed by atoms with van der Waals surface area (Å²) in [5, 5.41) is 3.90. The zero-order valence-corrected chi connectivity index (χ0v) is 12.2. The summed E-state index contributed by atoms with van der Waals surface area (Å²) in [6, 6.07) is 7.76. The molecule has 0 radical (unpaired) electrons. The third-order valence-corrected chi connectivity index (χ3v) is 3.17. The Labute approximate surface area is 115 Å². The second-order valence-electron chi connectivity index (χ2n) is 4.62. The molecule has 18 heavy (non-hydrogen) atoms. The second kappa shape index (κ2) is 5.06. The van der Waals surface area contributed by atoms with E-state index < -0.39 is 0 Å². The number of nitrogens with one attached hydrogen (secondary N) is 1. The lowest BCUT2D eigenvalue weighted by molar-refractivity contribution is -0.118. The number of aromatic nitrogens is 1. The van der Waals surface area contributed by atoms with Crippen LogP contribution in [0.1, 0.15) is 19.5 Å². The molecule has 4 heteroatoms. The fraction of sp³-hybridized carbons (Fsp3) is 0.286. The van der Waals surface area contributed by atoms with Gasteiger partial charge in [-0.2, -0.15) is 0 Å². The molecular weight excluding hydrogens is 292 g/mol. The van der Waals surface area contributed by atoms with Crippen LogP contribution in [-0.4, -0.2) is 10.9 Å². The van der Waals surface area contributed by atoms with Gasteiger partial charge in [0.15, 0.2) is 0 Å². The summed E-state index contributed by atoms with van der Waals surface area (Å²) in [4.78, 5) is 16.3. The molecule has 0 bridgehead atoms. The zero-order valence-electron chi connectivity index (χ0n) is 10.6. The van der Waals surface area contributed by atoms with Crippen LogP contribution in [-0.2, 0) is 4.79 Å². The van der Waals surface area contributed by atoms with E-state index in [0.29, 0.717) is 0 Å². The van der Waals surface area contributed by atoms with E-state index in [1.807, 2.05) is 45.0 Å². The standard InChI is InChI=1S/C14H15BrN2O/c1-8(2)14(18)17-13-6-9(3)16-12-5-4-10(15)7-11(12)13/h4-8H,1-3H3,(H,16,17,18). The Hall–Kier alpha value is -1.42. The van der Waals surface area contributed by atoms with Crippen molar-refractivity contribution in [3.8, 4) is 0 Å². The maximum absolute atomic E-state index is 11.8. The molecule has 0 saturated heterocycles. The van der Waals surface area contributed by atoms with Crippen LogP contribution >= 0.6 is 15.9 Å². The molecular formula is C14H15BrN2O. The first kappa shape index (κ1) is 13.0. The number of carbonyl (C=O) groups excluding carboxylic acids is 1. The van der Waals surface area contributed by atoms with Crippen molar-refractivity contribution in [1.82, 2.24) is 4.98 Å². The molecule has 2 rings (SSSR count). The Morgan fingerprint density at radius 2 is 2.06 bits per heavy atom. The van der Waals surface area contributed by atoms with Crippen molar-refractivity contribution in [2.24, 2.45) is 5.92 Å². The first-order valence-corrected chi connectivity index (χ1v) is 6.64. The average Bonchev–Trinajstić information content (AvgIpc) is 2.29. The van der Waals surface area contributed by atoms with Crippen molar-refractivity contribution in [3.63, 3.8) is 0 Å². The van der Waals surface area contributed by atoms with Crippen LogP contribution in [0.25, 0.3) is 10.9 Å². The Bertz CT molecular complexity index is 608. The van der Waals surface area contributed by atoms with Crippen LogP contribution < -0.4 is 5.32 Å². The van der Waals surface area contributed by atoms with Crippen molar-refractivity contribution >= 4 is 38.4 Å². The summed E-state index contributed by atoms with van der Waals surface area (Å²) in [5.41, 5.74) is 2.60. The molecule has 0 fully saturated rings. The number of nitrogens with zero attached hydrogens (tertiary/aromatic N) is 1. The smallest absolute Gasteiger partial charge is 0.226 e. The van der Waals surface area contributed by atoms with Crippen LogP contribution in [0.15, 0.2) is 28.7 Å². The molecule has 0 atom stereocenters. The number of amides is 1. The van der Waals surface area contributed by atoms with Crippen molar-refractivity contribution < 1.29 is 4.79 Å². The lowest BCUT2D eigenvalue weighted by Gasteiger charge is -2.11. The minimum absolute atomic E-state index is 0.0156. The van der Waals surface area contributed by atoms with Gasteiger partial charge < -0.3 is 5.32 Å². The van der Waals surface area contributed by atoms with Gasteiger partial charge in [-0.1, -0.05) is 29.8 Å². The first-order chi connectivity index (χ1) is 8.47. The third-order valence-electron chi connectivity index (χ3n) is 2.68. The molecule has 0 aliphatic rings. The van der Waals surface area contributed by atoms with Crippen LogP contribution in [0.2, 0.25) is 0 Å². The molecule has 0 aliphatic carbocycles. The molecule has 0 spiro atoms. The number of benzene rings is 1. The lowest BCUT2D eigenvalue weighted by atomic mass is 10.1. The fourth-order valence-electron chi connectivity index (χ4n) is 1.71. The number of hydrogen-bond donors (Lipinski definition) is 1. The summed E-state index contributed by atoms with van der Waals surface area (Å²) >= 11 is 3.44. The molecule has 2 aromatic rings. The van der Waals surface area contributed by atoms with Crippen molar-refractivity contribution in [2.75, 3.05) is 5.32 Å². The van der Waals surface area contributed by atoms with Gasteiger partial charge in [0.05, 0.1) is 11.2 Å². The highest BCUT2D eigenvalue weighted by molar-refractivity contribution is 9.10. The molecule has 94 valence electrons. The van der Waals surface area contributed by atoms with Gasteiger partial charge in [-0.05, 0) is 31.2 Å². The van der Waals surface area contributed by atoms with E-state index in [9.17, 15) is 4.79 Å². The molecule has 1 aromatic carbocycles. The fourth-order valence-corrected chi connectivity index (χ4v) is 2.07. The quantitative estimate of drug-likeness (QED) is 0.914. The number of pyridine rings is 1. The normalized spacial score (nSPS) is 10.9. The highest BCUT2D eigenvalue weighted by Gasteiger charge is 2.11. The van der Waals surface area contributed by atoms with E-state index >= 15 is 0 Å². The highest BCUT2D eigenvalue weighted by Crippen LogP contribution is 2.26. The van der Waals surface area contributed by atoms with Gasteiger partial charge >= 0.3 is 0 Å². The Morgan fingerprint density at radius 1 is 1.33 bits per heavy atom. The summed E-state index contributed by atoms with van der Waals surface area (Å²) in [7, 11) is 0. The molecule has 0 aliphatic heterocycles. The first-order valence-electron chi connectivity index (χ1n) is 5.85. The molecule has 1 N–H and O–H groups in total. The van der Waals surface area contributed by atoms with Crippen LogP contribution in [0.4, 0.5) is 5.69 Å². The maximum Gasteiger partial charge on any atom is 0.226 e.